The van der Waals surface area contributed by atoms with Crippen molar-refractivity contribution in [1.82, 2.24) is 20.5 Å². The zero-order valence-electron chi connectivity index (χ0n) is 28.3. The topological polar surface area (TPSA) is 92.8 Å². The van der Waals surface area contributed by atoms with Crippen molar-refractivity contribution in [3.8, 4) is 22.8 Å². The number of carbonyl (C=O) groups is 2. The van der Waals surface area contributed by atoms with Gasteiger partial charge in [0.25, 0.3) is 5.91 Å². The SMILES string of the molecule is COc1ccc(-c2cc(C(=O)NC(Cc3ccc(OCc4ccccc4)cc3)C(=O)NCC(C)(C)CN(C)C)c3ccccc3n2)cc1. The molecule has 5 rings (SSSR count). The third kappa shape index (κ3) is 9.20. The van der Waals surface area contributed by atoms with E-state index in [4.69, 9.17) is 14.5 Å². The number of fused-ring (bicyclic) bond motifs is 1. The quantitative estimate of drug-likeness (QED) is 0.143. The van der Waals surface area contributed by atoms with Gasteiger partial charge in [0.15, 0.2) is 0 Å². The Morgan fingerprint density at radius 3 is 2.19 bits per heavy atom. The normalized spacial score (nSPS) is 12.0. The lowest BCUT2D eigenvalue weighted by atomic mass is 9.92. The minimum absolute atomic E-state index is 0.167. The molecule has 2 N–H and O–H groups in total. The monoisotopic (exact) mass is 644 g/mol. The number of nitrogens with zero attached hydrogens (tertiary/aromatic N) is 2. The first-order valence-electron chi connectivity index (χ1n) is 16.1. The molecule has 0 aliphatic rings. The van der Waals surface area contributed by atoms with Gasteiger partial charge in [-0.15, -0.1) is 0 Å². The summed E-state index contributed by atoms with van der Waals surface area (Å²) in [6, 6.07) is 33.7. The second kappa shape index (κ2) is 15.6. The Kier molecular flexibility index (Phi) is 11.1. The molecule has 1 aromatic heterocycles. The standard InChI is InChI=1S/C40H44N4O4/c1-40(2,27-44(3)4)26-41-39(46)37(23-28-15-19-32(20-16-28)48-25-29-11-7-6-8-12-29)43-38(45)34-24-36(30-17-21-31(47-5)22-18-30)42-35-14-10-9-13-33(34)35/h6-22,24,37H,23,25-27H2,1-5H3,(H,41,46)(H,43,45). The molecular formula is C40H44N4O4. The van der Waals surface area contributed by atoms with Crippen LogP contribution in [0.1, 0.15) is 35.3 Å². The second-order valence-electron chi connectivity index (χ2n) is 13.1. The highest BCUT2D eigenvalue weighted by Crippen LogP contribution is 2.27. The van der Waals surface area contributed by atoms with Crippen LogP contribution in [0.25, 0.3) is 22.2 Å². The molecule has 2 amide bonds. The first-order valence-corrected chi connectivity index (χ1v) is 16.1. The molecule has 5 aromatic rings. The first-order chi connectivity index (χ1) is 23.1. The zero-order chi connectivity index (χ0) is 34.1. The van der Waals surface area contributed by atoms with E-state index in [2.05, 4.69) is 29.4 Å². The summed E-state index contributed by atoms with van der Waals surface area (Å²) < 4.78 is 11.3. The predicted molar refractivity (Wildman–Crippen MR) is 191 cm³/mol. The van der Waals surface area contributed by atoms with Gasteiger partial charge in [-0.05, 0) is 79.2 Å². The van der Waals surface area contributed by atoms with Gasteiger partial charge in [0.1, 0.15) is 24.1 Å². The first kappa shape index (κ1) is 34.1. The van der Waals surface area contributed by atoms with Gasteiger partial charge in [0, 0.05) is 30.5 Å². The second-order valence-corrected chi connectivity index (χ2v) is 13.1. The lowest BCUT2D eigenvalue weighted by Gasteiger charge is -2.29. The number of benzene rings is 4. The number of aromatic nitrogens is 1. The van der Waals surface area contributed by atoms with Gasteiger partial charge < -0.3 is 25.0 Å². The molecule has 0 saturated heterocycles. The van der Waals surface area contributed by atoms with E-state index in [9.17, 15) is 9.59 Å². The number of amides is 2. The Hall–Kier alpha value is -5.21. The average molecular weight is 645 g/mol. The van der Waals surface area contributed by atoms with E-state index >= 15 is 0 Å². The summed E-state index contributed by atoms with van der Waals surface area (Å²) in [7, 11) is 5.65. The Morgan fingerprint density at radius 1 is 0.833 bits per heavy atom. The lowest BCUT2D eigenvalue weighted by molar-refractivity contribution is -0.123. The minimum Gasteiger partial charge on any atom is -0.497 e. The third-order valence-corrected chi connectivity index (χ3v) is 8.07. The molecular weight excluding hydrogens is 600 g/mol. The average Bonchev–Trinajstić information content (AvgIpc) is 3.09. The number of hydrogen-bond acceptors (Lipinski definition) is 6. The smallest absolute Gasteiger partial charge is 0.252 e. The molecule has 248 valence electrons. The van der Waals surface area contributed by atoms with Crippen molar-refractivity contribution in [2.45, 2.75) is 32.9 Å². The highest BCUT2D eigenvalue weighted by Gasteiger charge is 2.26. The molecule has 8 nitrogen and oxygen atoms in total. The van der Waals surface area contributed by atoms with Crippen LogP contribution in [-0.2, 0) is 17.8 Å². The van der Waals surface area contributed by atoms with Crippen LogP contribution in [0.5, 0.6) is 11.5 Å². The van der Waals surface area contributed by atoms with Crippen molar-refractivity contribution in [1.29, 1.82) is 0 Å². The van der Waals surface area contributed by atoms with Crippen molar-refractivity contribution in [2.75, 3.05) is 34.3 Å². The van der Waals surface area contributed by atoms with Crippen LogP contribution >= 0.6 is 0 Å². The number of rotatable bonds is 14. The van der Waals surface area contributed by atoms with Crippen LogP contribution in [0.4, 0.5) is 0 Å². The van der Waals surface area contributed by atoms with Crippen molar-refractivity contribution in [3.63, 3.8) is 0 Å². The predicted octanol–water partition coefficient (Wildman–Crippen LogP) is 6.53. The highest BCUT2D eigenvalue weighted by molar-refractivity contribution is 6.08. The minimum atomic E-state index is -0.819. The van der Waals surface area contributed by atoms with Crippen molar-refractivity contribution < 1.29 is 19.1 Å². The van der Waals surface area contributed by atoms with Gasteiger partial charge in [-0.3, -0.25) is 9.59 Å². The van der Waals surface area contributed by atoms with Gasteiger partial charge in [-0.2, -0.15) is 0 Å². The Labute approximate surface area is 283 Å². The number of carbonyl (C=O) groups excluding carboxylic acids is 2. The molecule has 0 fully saturated rings. The Bertz CT molecular complexity index is 1820. The van der Waals surface area contributed by atoms with Crippen LogP contribution in [0.3, 0.4) is 0 Å². The summed E-state index contributed by atoms with van der Waals surface area (Å²) in [6.07, 6.45) is 0.305. The van der Waals surface area contributed by atoms with Crippen LogP contribution < -0.4 is 20.1 Å². The summed E-state index contributed by atoms with van der Waals surface area (Å²) in [6.45, 7) is 5.94. The summed E-state index contributed by atoms with van der Waals surface area (Å²) in [5.74, 6) is 0.871. The summed E-state index contributed by atoms with van der Waals surface area (Å²) in [5.41, 5.74) is 4.45. The molecule has 48 heavy (non-hydrogen) atoms. The van der Waals surface area contributed by atoms with E-state index in [0.717, 1.165) is 34.7 Å². The van der Waals surface area contributed by atoms with E-state index < -0.39 is 6.04 Å². The number of ether oxygens (including phenoxy) is 2. The van der Waals surface area contributed by atoms with E-state index in [1.54, 1.807) is 13.2 Å². The number of hydrogen-bond donors (Lipinski definition) is 2. The molecule has 4 aromatic carbocycles. The van der Waals surface area contributed by atoms with E-state index in [0.29, 0.717) is 41.7 Å². The summed E-state index contributed by atoms with van der Waals surface area (Å²) >= 11 is 0. The van der Waals surface area contributed by atoms with E-state index in [-0.39, 0.29) is 17.2 Å². The van der Waals surface area contributed by atoms with Crippen LogP contribution in [0.2, 0.25) is 0 Å². The molecule has 1 heterocycles. The maximum atomic E-state index is 14.1. The molecule has 0 bridgehead atoms. The lowest BCUT2D eigenvalue weighted by Crippen LogP contribution is -2.50. The molecule has 0 radical (unpaired) electrons. The Morgan fingerprint density at radius 2 is 1.50 bits per heavy atom. The molecule has 8 heteroatoms. The molecule has 0 aliphatic heterocycles. The van der Waals surface area contributed by atoms with Crippen LogP contribution in [0, 0.1) is 5.41 Å². The van der Waals surface area contributed by atoms with E-state index in [1.807, 2.05) is 117 Å². The van der Waals surface area contributed by atoms with Crippen molar-refractivity contribution in [3.05, 3.63) is 126 Å². The molecule has 0 aliphatic carbocycles. The highest BCUT2D eigenvalue weighted by atomic mass is 16.5. The largest absolute Gasteiger partial charge is 0.497 e. The van der Waals surface area contributed by atoms with Gasteiger partial charge in [-0.25, -0.2) is 4.98 Å². The van der Waals surface area contributed by atoms with Crippen LogP contribution in [0.15, 0.2) is 109 Å². The summed E-state index contributed by atoms with van der Waals surface area (Å²) in [4.78, 5) is 34.8. The molecule has 0 spiro atoms. The number of nitrogens with one attached hydrogen (secondary N) is 2. The maximum Gasteiger partial charge on any atom is 0.252 e. The Balaban J connectivity index is 1.39. The fraction of sp³-hybridized carbons (Fsp3) is 0.275. The van der Waals surface area contributed by atoms with Crippen molar-refractivity contribution in [2.24, 2.45) is 5.41 Å². The number of pyridine rings is 1. The zero-order valence-corrected chi connectivity index (χ0v) is 28.3. The fourth-order valence-corrected chi connectivity index (χ4v) is 5.78. The third-order valence-electron chi connectivity index (χ3n) is 8.07. The maximum absolute atomic E-state index is 14.1. The van der Waals surface area contributed by atoms with Gasteiger partial charge >= 0.3 is 0 Å². The molecule has 1 unspecified atom stereocenters. The summed E-state index contributed by atoms with van der Waals surface area (Å²) in [5, 5.41) is 6.89. The van der Waals surface area contributed by atoms with Gasteiger partial charge in [0.2, 0.25) is 5.91 Å². The van der Waals surface area contributed by atoms with Gasteiger partial charge in [0.05, 0.1) is 23.9 Å². The number of methoxy groups -OCH3 is 1. The van der Waals surface area contributed by atoms with Crippen LogP contribution in [-0.4, -0.2) is 62.0 Å². The fourth-order valence-electron chi connectivity index (χ4n) is 5.78. The van der Waals surface area contributed by atoms with Crippen molar-refractivity contribution >= 4 is 22.7 Å². The van der Waals surface area contributed by atoms with Gasteiger partial charge in [-0.1, -0.05) is 74.5 Å². The molecule has 1 atom stereocenters. The number of para-hydroxylation sites is 1. The van der Waals surface area contributed by atoms with E-state index in [1.165, 1.54) is 0 Å². The molecule has 0 saturated carbocycles.